The van der Waals surface area contributed by atoms with E-state index < -0.39 is 0 Å². The maximum atomic E-state index is 9.82. The van der Waals surface area contributed by atoms with Crippen molar-refractivity contribution in [2.75, 3.05) is 0 Å². The van der Waals surface area contributed by atoms with E-state index in [2.05, 4.69) is 4.99 Å². The zero-order chi connectivity index (χ0) is 8.97. The lowest BCUT2D eigenvalue weighted by atomic mass is 10.1. The van der Waals surface area contributed by atoms with Gasteiger partial charge in [0, 0.05) is 0 Å². The summed E-state index contributed by atoms with van der Waals surface area (Å²) in [6.07, 6.45) is 1.46. The third-order valence-corrected chi connectivity index (χ3v) is 1.73. The molecule has 3 nitrogen and oxygen atoms in total. The quantitative estimate of drug-likeness (QED) is 0.531. The Morgan fingerprint density at radius 2 is 2.33 bits per heavy atom. The first-order valence-corrected chi connectivity index (χ1v) is 3.57. The van der Waals surface area contributed by atoms with Crippen molar-refractivity contribution in [2.24, 2.45) is 4.99 Å². The first-order valence-electron chi connectivity index (χ1n) is 3.57. The number of aromatic hydroxyl groups is 1. The summed E-state index contributed by atoms with van der Waals surface area (Å²) < 4.78 is 0. The number of carbonyl (C=O) groups excluding carboxylic acids is 1. The van der Waals surface area contributed by atoms with Gasteiger partial charge in [-0.15, -0.1) is 0 Å². The molecule has 1 N–H and O–H groups in total. The molecule has 0 spiro atoms. The standard InChI is InChI=1S/C9H9NO2/c1-7-8(5-10-6-11)3-2-4-9(7)12/h2-4,12H,5H2,1H3. The summed E-state index contributed by atoms with van der Waals surface area (Å²) in [5, 5.41) is 9.26. The largest absolute Gasteiger partial charge is 0.508 e. The molecule has 0 radical (unpaired) electrons. The van der Waals surface area contributed by atoms with E-state index in [1.54, 1.807) is 19.1 Å². The van der Waals surface area contributed by atoms with Gasteiger partial charge in [0.25, 0.3) is 0 Å². The van der Waals surface area contributed by atoms with E-state index in [1.807, 2.05) is 6.07 Å². The van der Waals surface area contributed by atoms with Crippen LogP contribution in [-0.2, 0) is 11.3 Å². The van der Waals surface area contributed by atoms with Crippen molar-refractivity contribution in [3.05, 3.63) is 29.3 Å². The molecule has 1 rings (SSSR count). The Labute approximate surface area is 70.4 Å². The predicted molar refractivity (Wildman–Crippen MR) is 44.7 cm³/mol. The van der Waals surface area contributed by atoms with E-state index in [9.17, 15) is 9.90 Å². The molecule has 0 fully saturated rings. The number of phenols is 1. The molecule has 0 saturated carbocycles. The highest BCUT2D eigenvalue weighted by atomic mass is 16.3. The van der Waals surface area contributed by atoms with Gasteiger partial charge in [0.1, 0.15) is 5.75 Å². The molecule has 0 heterocycles. The molecule has 3 heteroatoms. The summed E-state index contributed by atoms with van der Waals surface area (Å²) in [6.45, 7) is 2.06. The van der Waals surface area contributed by atoms with Crippen molar-refractivity contribution >= 4 is 6.08 Å². The van der Waals surface area contributed by atoms with E-state index in [-0.39, 0.29) is 12.3 Å². The lowest BCUT2D eigenvalue weighted by Gasteiger charge is -2.02. The molecule has 0 aliphatic rings. The van der Waals surface area contributed by atoms with Gasteiger partial charge in [0.2, 0.25) is 6.08 Å². The molecule has 0 bridgehead atoms. The normalized spacial score (nSPS) is 9.08. The fourth-order valence-corrected chi connectivity index (χ4v) is 0.959. The number of phenolic OH excluding ortho intramolecular Hbond substituents is 1. The monoisotopic (exact) mass is 163 g/mol. The Balaban J connectivity index is 2.99. The van der Waals surface area contributed by atoms with Gasteiger partial charge < -0.3 is 5.11 Å². The van der Waals surface area contributed by atoms with Gasteiger partial charge >= 0.3 is 0 Å². The SMILES string of the molecule is Cc1c(O)cccc1CN=C=O. The lowest BCUT2D eigenvalue weighted by molar-refractivity contribution is 0.470. The van der Waals surface area contributed by atoms with E-state index in [1.165, 1.54) is 6.08 Å². The molecule has 0 unspecified atom stereocenters. The maximum absolute atomic E-state index is 9.82. The molecule has 0 saturated heterocycles. The maximum Gasteiger partial charge on any atom is 0.235 e. The summed E-state index contributed by atoms with van der Waals surface area (Å²) in [4.78, 5) is 13.2. The van der Waals surface area contributed by atoms with Crippen LogP contribution in [0, 0.1) is 6.92 Å². The molecule has 1 aromatic rings. The minimum Gasteiger partial charge on any atom is -0.508 e. The lowest BCUT2D eigenvalue weighted by Crippen LogP contribution is -1.86. The minimum absolute atomic E-state index is 0.230. The number of nitrogens with zero attached hydrogens (tertiary/aromatic N) is 1. The fraction of sp³-hybridized carbons (Fsp3) is 0.222. The van der Waals surface area contributed by atoms with Crippen molar-refractivity contribution in [1.82, 2.24) is 0 Å². The van der Waals surface area contributed by atoms with Crippen molar-refractivity contribution in [2.45, 2.75) is 13.5 Å². The number of hydrogen-bond donors (Lipinski definition) is 1. The summed E-state index contributed by atoms with van der Waals surface area (Å²) in [6, 6.07) is 5.14. The highest BCUT2D eigenvalue weighted by Gasteiger charge is 2.00. The summed E-state index contributed by atoms with van der Waals surface area (Å²) in [5.74, 6) is 0.230. The van der Waals surface area contributed by atoms with Gasteiger partial charge in [-0.1, -0.05) is 12.1 Å². The minimum atomic E-state index is 0.230. The van der Waals surface area contributed by atoms with Crippen molar-refractivity contribution < 1.29 is 9.90 Å². The highest BCUT2D eigenvalue weighted by molar-refractivity contribution is 5.39. The van der Waals surface area contributed by atoms with Gasteiger partial charge in [0.05, 0.1) is 6.54 Å². The number of hydrogen-bond acceptors (Lipinski definition) is 3. The van der Waals surface area contributed by atoms with Crippen molar-refractivity contribution in [3.8, 4) is 5.75 Å². The van der Waals surface area contributed by atoms with Gasteiger partial charge in [0.15, 0.2) is 0 Å². The van der Waals surface area contributed by atoms with Crippen LogP contribution in [0.5, 0.6) is 5.75 Å². The number of rotatable bonds is 2. The fourth-order valence-electron chi connectivity index (χ4n) is 0.959. The van der Waals surface area contributed by atoms with Crippen LogP contribution in [0.1, 0.15) is 11.1 Å². The van der Waals surface area contributed by atoms with Crippen molar-refractivity contribution in [1.29, 1.82) is 0 Å². The molecule has 1 aromatic carbocycles. The molecule has 62 valence electrons. The zero-order valence-corrected chi connectivity index (χ0v) is 6.74. The Kier molecular flexibility index (Phi) is 2.62. The topological polar surface area (TPSA) is 49.7 Å². The third kappa shape index (κ3) is 1.71. The van der Waals surface area contributed by atoms with E-state index in [4.69, 9.17) is 0 Å². The smallest absolute Gasteiger partial charge is 0.235 e. The molecule has 12 heavy (non-hydrogen) atoms. The van der Waals surface area contributed by atoms with Crippen LogP contribution in [-0.4, -0.2) is 11.2 Å². The van der Waals surface area contributed by atoms with E-state index in [0.717, 1.165) is 11.1 Å². The first kappa shape index (κ1) is 8.50. The zero-order valence-electron chi connectivity index (χ0n) is 6.74. The van der Waals surface area contributed by atoms with Crippen LogP contribution in [0.2, 0.25) is 0 Å². The molecule has 0 amide bonds. The predicted octanol–water partition coefficient (Wildman–Crippen LogP) is 1.54. The van der Waals surface area contributed by atoms with Crippen LogP contribution in [0.3, 0.4) is 0 Å². The van der Waals surface area contributed by atoms with Gasteiger partial charge in [-0.2, -0.15) is 0 Å². The molecular formula is C9H9NO2. The van der Waals surface area contributed by atoms with E-state index in [0.29, 0.717) is 0 Å². The molecular weight excluding hydrogens is 154 g/mol. The summed E-state index contributed by atoms with van der Waals surface area (Å²) >= 11 is 0. The average molecular weight is 163 g/mol. The summed E-state index contributed by atoms with van der Waals surface area (Å²) in [7, 11) is 0. The number of isocyanates is 1. The van der Waals surface area contributed by atoms with Crippen LogP contribution in [0.25, 0.3) is 0 Å². The third-order valence-electron chi connectivity index (χ3n) is 1.73. The van der Waals surface area contributed by atoms with Gasteiger partial charge in [-0.05, 0) is 24.1 Å². The Hall–Kier alpha value is -1.60. The average Bonchev–Trinajstić information content (AvgIpc) is 2.08. The molecule has 0 aromatic heterocycles. The van der Waals surface area contributed by atoms with Crippen LogP contribution < -0.4 is 0 Å². The van der Waals surface area contributed by atoms with Gasteiger partial charge in [-0.3, -0.25) is 0 Å². The summed E-state index contributed by atoms with van der Waals surface area (Å²) in [5.41, 5.74) is 1.61. The van der Waals surface area contributed by atoms with Crippen molar-refractivity contribution in [3.63, 3.8) is 0 Å². The molecule has 0 atom stereocenters. The van der Waals surface area contributed by atoms with Gasteiger partial charge in [-0.25, -0.2) is 9.79 Å². The first-order chi connectivity index (χ1) is 5.75. The second kappa shape index (κ2) is 3.69. The molecule has 0 aliphatic heterocycles. The molecule has 0 aliphatic carbocycles. The van der Waals surface area contributed by atoms with Crippen LogP contribution in [0.15, 0.2) is 23.2 Å². The Morgan fingerprint density at radius 3 is 3.00 bits per heavy atom. The Bertz CT molecular complexity index is 327. The number of benzene rings is 1. The second-order valence-electron chi connectivity index (χ2n) is 2.47. The van der Waals surface area contributed by atoms with Crippen LogP contribution in [0.4, 0.5) is 0 Å². The van der Waals surface area contributed by atoms with E-state index >= 15 is 0 Å². The Morgan fingerprint density at radius 1 is 1.58 bits per heavy atom. The second-order valence-corrected chi connectivity index (χ2v) is 2.47. The highest BCUT2D eigenvalue weighted by Crippen LogP contribution is 2.19. The van der Waals surface area contributed by atoms with Crippen LogP contribution >= 0.6 is 0 Å². The number of aliphatic imine (C=N–C) groups is 1.